The van der Waals surface area contributed by atoms with E-state index in [1.165, 1.54) is 11.1 Å². The predicted molar refractivity (Wildman–Crippen MR) is 154 cm³/mol. The number of rotatable bonds is 12. The molecule has 0 saturated carbocycles. The Morgan fingerprint density at radius 3 is 1.89 bits per heavy atom. The fourth-order valence-corrected chi connectivity index (χ4v) is 6.04. The number of cyclic esters (lactones) is 1. The molecule has 4 rings (SSSR count). The molecule has 0 bridgehead atoms. The molecule has 200 valence electrons. The predicted octanol–water partition coefficient (Wildman–Crippen LogP) is 7.86. The summed E-state index contributed by atoms with van der Waals surface area (Å²) in [6, 6.07) is 29.3. The Bertz CT molecular complexity index is 1120. The maximum absolute atomic E-state index is 13.5. The molecule has 1 aliphatic rings. The molecule has 0 aliphatic carbocycles. The van der Waals surface area contributed by atoms with E-state index < -0.39 is 11.5 Å². The van der Waals surface area contributed by atoms with Gasteiger partial charge in [0.05, 0.1) is 0 Å². The van der Waals surface area contributed by atoms with E-state index in [2.05, 4.69) is 92.4 Å². The minimum atomic E-state index is -0.742. The van der Waals surface area contributed by atoms with Crippen LogP contribution in [0.5, 0.6) is 0 Å². The molecule has 1 saturated heterocycles. The largest absolute Gasteiger partial charge is 0.458 e. The lowest BCUT2D eigenvalue weighted by Crippen LogP contribution is -2.49. The highest BCUT2D eigenvalue weighted by Gasteiger charge is 2.48. The topological polar surface area (TPSA) is 46.6 Å². The summed E-state index contributed by atoms with van der Waals surface area (Å²) in [7, 11) is 0. The van der Waals surface area contributed by atoms with Crippen molar-refractivity contribution < 1.29 is 14.3 Å². The maximum Gasteiger partial charge on any atom is 0.317 e. The molecular weight excluding hydrogens is 470 g/mol. The molecule has 0 spiro atoms. The van der Waals surface area contributed by atoms with Crippen molar-refractivity contribution in [3.63, 3.8) is 0 Å². The Hall–Kier alpha value is -3.40. The zero-order valence-corrected chi connectivity index (χ0v) is 23.1. The Morgan fingerprint density at radius 1 is 0.816 bits per heavy atom. The summed E-state index contributed by atoms with van der Waals surface area (Å²) < 4.78 is 6.11. The van der Waals surface area contributed by atoms with Crippen molar-refractivity contribution in [2.45, 2.75) is 83.9 Å². The van der Waals surface area contributed by atoms with E-state index in [0.29, 0.717) is 12.8 Å². The Labute approximate surface area is 228 Å². The van der Waals surface area contributed by atoms with Crippen molar-refractivity contribution in [2.24, 2.45) is 5.92 Å². The molecule has 4 heteroatoms. The monoisotopic (exact) mass is 511 g/mol. The number of nitrogens with zero attached hydrogens (tertiary/aromatic N) is 1. The summed E-state index contributed by atoms with van der Waals surface area (Å²) in [6.07, 6.45) is 4.29. The van der Waals surface area contributed by atoms with E-state index in [1.54, 1.807) is 0 Å². The van der Waals surface area contributed by atoms with Gasteiger partial charge in [0.2, 0.25) is 0 Å². The normalized spacial score (nSPS) is 17.6. The smallest absolute Gasteiger partial charge is 0.317 e. The highest BCUT2D eigenvalue weighted by atomic mass is 16.6. The third kappa shape index (κ3) is 6.53. The van der Waals surface area contributed by atoms with Crippen molar-refractivity contribution in [1.82, 2.24) is 0 Å². The average molecular weight is 512 g/mol. The number of ketones is 1. The van der Waals surface area contributed by atoms with Gasteiger partial charge in [-0.2, -0.15) is 0 Å². The Morgan fingerprint density at radius 2 is 1.39 bits per heavy atom. The van der Waals surface area contributed by atoms with Gasteiger partial charge in [-0.3, -0.25) is 9.59 Å². The fraction of sp³-hybridized carbons (Fsp3) is 0.412. The first-order valence-corrected chi connectivity index (χ1v) is 14.2. The van der Waals surface area contributed by atoms with E-state index in [-0.39, 0.29) is 17.7 Å². The van der Waals surface area contributed by atoms with Crippen LogP contribution in [0.3, 0.4) is 0 Å². The fourth-order valence-electron chi connectivity index (χ4n) is 6.04. The van der Waals surface area contributed by atoms with Crippen LogP contribution in [0.2, 0.25) is 0 Å². The van der Waals surface area contributed by atoms with Crippen LogP contribution in [0.15, 0.2) is 84.9 Å². The van der Waals surface area contributed by atoms with Crippen LogP contribution in [0.1, 0.15) is 81.9 Å². The zero-order chi connectivity index (χ0) is 27.0. The van der Waals surface area contributed by atoms with Gasteiger partial charge in [-0.1, -0.05) is 106 Å². The maximum atomic E-state index is 13.5. The van der Waals surface area contributed by atoms with Gasteiger partial charge < -0.3 is 9.64 Å². The van der Waals surface area contributed by atoms with Crippen LogP contribution in [0, 0.1) is 5.92 Å². The lowest BCUT2D eigenvalue weighted by molar-refractivity contribution is -0.180. The quantitative estimate of drug-likeness (QED) is 0.183. The minimum absolute atomic E-state index is 0.0332. The van der Waals surface area contributed by atoms with Gasteiger partial charge in [-0.15, -0.1) is 0 Å². The number of esters is 1. The standard InChI is InChI=1S/C34H41NO3/c1-4-20-34(21-5-2)23-31(36)32(33(37)38-34)30(6-3)28-18-13-19-29(22-28)35(24-26-14-9-7-10-15-26)25-27-16-11-8-12-17-27/h7-19,22,30,32H,4-6,20-21,23-25H2,1-3H3. The number of anilines is 1. The second kappa shape index (κ2) is 12.9. The first-order chi connectivity index (χ1) is 18.5. The third-order valence-electron chi connectivity index (χ3n) is 7.76. The van der Waals surface area contributed by atoms with Crippen molar-refractivity contribution in [2.75, 3.05) is 4.90 Å². The first-order valence-electron chi connectivity index (χ1n) is 14.2. The molecule has 3 aromatic rings. The van der Waals surface area contributed by atoms with Crippen molar-refractivity contribution in [3.05, 3.63) is 102 Å². The van der Waals surface area contributed by atoms with E-state index in [4.69, 9.17) is 4.74 Å². The summed E-state index contributed by atoms with van der Waals surface area (Å²) in [4.78, 5) is 29.3. The molecule has 1 heterocycles. The van der Waals surface area contributed by atoms with E-state index in [0.717, 1.165) is 50.0 Å². The second-order valence-corrected chi connectivity index (χ2v) is 10.7. The number of hydrogen-bond acceptors (Lipinski definition) is 4. The van der Waals surface area contributed by atoms with Gasteiger partial charge in [0.1, 0.15) is 11.5 Å². The van der Waals surface area contributed by atoms with Gasteiger partial charge in [0.15, 0.2) is 5.78 Å². The molecule has 2 unspecified atom stereocenters. The highest BCUT2D eigenvalue weighted by molar-refractivity contribution is 6.02. The number of ether oxygens (including phenoxy) is 1. The van der Waals surface area contributed by atoms with Crippen LogP contribution < -0.4 is 4.90 Å². The van der Waals surface area contributed by atoms with Crippen LogP contribution in [-0.2, 0) is 27.4 Å². The van der Waals surface area contributed by atoms with Gasteiger partial charge in [-0.05, 0) is 48.1 Å². The molecule has 3 aromatic carbocycles. The third-order valence-corrected chi connectivity index (χ3v) is 7.76. The van der Waals surface area contributed by atoms with Crippen molar-refractivity contribution >= 4 is 17.4 Å². The molecule has 0 N–H and O–H groups in total. The summed E-state index contributed by atoms with van der Waals surface area (Å²) in [5.41, 5.74) is 3.93. The number of carbonyl (C=O) groups excluding carboxylic acids is 2. The Kier molecular flexibility index (Phi) is 9.38. The average Bonchev–Trinajstić information content (AvgIpc) is 2.92. The Balaban J connectivity index is 1.62. The molecule has 4 nitrogen and oxygen atoms in total. The number of Topliss-reactive ketones (excluding diaryl/α,β-unsaturated/α-hetero) is 1. The van der Waals surface area contributed by atoms with Crippen LogP contribution in [-0.4, -0.2) is 17.4 Å². The molecular formula is C34H41NO3. The molecule has 0 amide bonds. The zero-order valence-electron chi connectivity index (χ0n) is 23.1. The van der Waals surface area contributed by atoms with Crippen molar-refractivity contribution in [3.8, 4) is 0 Å². The summed E-state index contributed by atoms with van der Waals surface area (Å²) >= 11 is 0. The highest BCUT2D eigenvalue weighted by Crippen LogP contribution is 2.41. The number of benzene rings is 3. The van der Waals surface area contributed by atoms with Crippen LogP contribution in [0.4, 0.5) is 5.69 Å². The number of hydrogen-bond donors (Lipinski definition) is 0. The molecule has 38 heavy (non-hydrogen) atoms. The molecule has 2 atom stereocenters. The summed E-state index contributed by atoms with van der Waals surface area (Å²) in [6.45, 7) is 7.75. The van der Waals surface area contributed by atoms with Crippen LogP contribution in [0.25, 0.3) is 0 Å². The van der Waals surface area contributed by atoms with Gasteiger partial charge in [-0.25, -0.2) is 0 Å². The molecule has 0 aromatic heterocycles. The van der Waals surface area contributed by atoms with E-state index >= 15 is 0 Å². The SMILES string of the molecule is CCCC1(CCC)CC(=O)C(C(CC)c2cccc(N(Cc3ccccc3)Cc3ccccc3)c2)C(=O)O1. The van der Waals surface area contributed by atoms with Crippen LogP contribution >= 0.6 is 0 Å². The summed E-state index contributed by atoms with van der Waals surface area (Å²) in [5, 5.41) is 0. The van der Waals surface area contributed by atoms with Gasteiger partial charge in [0.25, 0.3) is 0 Å². The lowest BCUT2D eigenvalue weighted by atomic mass is 9.74. The summed E-state index contributed by atoms with van der Waals surface area (Å²) in [5.74, 6) is -1.25. The second-order valence-electron chi connectivity index (χ2n) is 10.7. The first kappa shape index (κ1) is 27.6. The van der Waals surface area contributed by atoms with E-state index in [1.807, 2.05) is 18.2 Å². The molecule has 1 fully saturated rings. The molecule has 1 aliphatic heterocycles. The van der Waals surface area contributed by atoms with Gasteiger partial charge in [0, 0.05) is 31.1 Å². The van der Waals surface area contributed by atoms with Crippen molar-refractivity contribution in [1.29, 1.82) is 0 Å². The minimum Gasteiger partial charge on any atom is -0.458 e. The van der Waals surface area contributed by atoms with E-state index in [9.17, 15) is 9.59 Å². The van der Waals surface area contributed by atoms with Gasteiger partial charge >= 0.3 is 5.97 Å². The lowest BCUT2D eigenvalue weighted by Gasteiger charge is -2.40. The number of carbonyl (C=O) groups is 2. The molecule has 0 radical (unpaired) electrons.